The summed E-state index contributed by atoms with van der Waals surface area (Å²) in [6, 6.07) is 10.9. The number of hydrogen-bond acceptors (Lipinski definition) is 4. The van der Waals surface area contributed by atoms with Crippen LogP contribution >= 0.6 is 0 Å². The molecule has 1 aliphatic rings. The molecule has 0 atom stereocenters. The van der Waals surface area contributed by atoms with Crippen molar-refractivity contribution >= 4 is 15.9 Å². The van der Waals surface area contributed by atoms with Crippen molar-refractivity contribution in [3.63, 3.8) is 0 Å². The summed E-state index contributed by atoms with van der Waals surface area (Å²) < 4.78 is 26.0. The fraction of sp³-hybridized carbons (Fsp3) is 0.333. The van der Waals surface area contributed by atoms with Gasteiger partial charge in [-0.15, -0.1) is 0 Å². The summed E-state index contributed by atoms with van der Waals surface area (Å²) in [5.41, 5.74) is 1.59. The molecule has 6 nitrogen and oxygen atoms in total. The molecule has 0 spiro atoms. The Kier molecular flexibility index (Phi) is 3.98. The van der Waals surface area contributed by atoms with Crippen molar-refractivity contribution in [3.8, 4) is 11.3 Å². The molecule has 0 saturated heterocycles. The minimum absolute atomic E-state index is 0.0123. The molecule has 1 saturated carbocycles. The van der Waals surface area contributed by atoms with E-state index in [1.165, 1.54) is 0 Å². The standard InChI is InChI=1S/C15H17N3O3S/c19-15(18-22(20,21)10-11-5-4-6-11)14-9-13(16-17-14)12-7-2-1-3-8-12/h1-3,7-9,11H,4-6,10H2,(H,16,17)(H,18,19). The summed E-state index contributed by atoms with van der Waals surface area (Å²) in [7, 11) is -3.59. The van der Waals surface area contributed by atoms with Gasteiger partial charge in [-0.25, -0.2) is 13.1 Å². The van der Waals surface area contributed by atoms with Crippen molar-refractivity contribution in [1.29, 1.82) is 0 Å². The van der Waals surface area contributed by atoms with Crippen molar-refractivity contribution in [2.24, 2.45) is 5.92 Å². The van der Waals surface area contributed by atoms with Gasteiger partial charge in [-0.3, -0.25) is 9.89 Å². The Bertz CT molecular complexity index is 764. The molecule has 116 valence electrons. The van der Waals surface area contributed by atoms with Gasteiger partial charge in [-0.1, -0.05) is 36.8 Å². The lowest BCUT2D eigenvalue weighted by molar-refractivity contribution is 0.0976. The van der Waals surface area contributed by atoms with Crippen molar-refractivity contribution in [1.82, 2.24) is 14.9 Å². The van der Waals surface area contributed by atoms with Crippen LogP contribution in [-0.2, 0) is 10.0 Å². The van der Waals surface area contributed by atoms with Gasteiger partial charge in [0.05, 0.1) is 11.4 Å². The van der Waals surface area contributed by atoms with Crippen LogP contribution < -0.4 is 4.72 Å². The van der Waals surface area contributed by atoms with Crippen LogP contribution in [0, 0.1) is 5.92 Å². The average molecular weight is 319 g/mol. The number of benzene rings is 1. The van der Waals surface area contributed by atoms with E-state index in [1.54, 1.807) is 6.07 Å². The van der Waals surface area contributed by atoms with Crippen LogP contribution in [0.2, 0.25) is 0 Å². The summed E-state index contributed by atoms with van der Waals surface area (Å²) in [5, 5.41) is 6.63. The van der Waals surface area contributed by atoms with Crippen molar-refractivity contribution in [3.05, 3.63) is 42.1 Å². The molecule has 2 N–H and O–H groups in total. The van der Waals surface area contributed by atoms with Crippen molar-refractivity contribution < 1.29 is 13.2 Å². The summed E-state index contributed by atoms with van der Waals surface area (Å²) in [6.07, 6.45) is 2.89. The highest BCUT2D eigenvalue weighted by Crippen LogP contribution is 2.27. The number of nitrogens with zero attached hydrogens (tertiary/aromatic N) is 1. The first kappa shape index (κ1) is 14.8. The molecule has 0 unspecified atom stereocenters. The van der Waals surface area contributed by atoms with Gasteiger partial charge >= 0.3 is 0 Å². The van der Waals surface area contributed by atoms with E-state index in [0.29, 0.717) is 5.69 Å². The Hall–Kier alpha value is -2.15. The van der Waals surface area contributed by atoms with E-state index >= 15 is 0 Å². The number of H-pyrrole nitrogens is 1. The Morgan fingerprint density at radius 2 is 2.00 bits per heavy atom. The third-order valence-corrected chi connectivity index (χ3v) is 5.23. The lowest BCUT2D eigenvalue weighted by Crippen LogP contribution is -2.36. The molecule has 1 amide bonds. The summed E-state index contributed by atoms with van der Waals surface area (Å²) >= 11 is 0. The van der Waals surface area contributed by atoms with Crippen molar-refractivity contribution in [2.75, 3.05) is 5.75 Å². The maximum Gasteiger partial charge on any atom is 0.282 e. The second-order valence-corrected chi connectivity index (χ2v) is 7.31. The summed E-state index contributed by atoms with van der Waals surface area (Å²) in [5.74, 6) is -0.487. The molecular weight excluding hydrogens is 302 g/mol. The Labute approximate surface area is 129 Å². The van der Waals surface area contributed by atoms with Crippen LogP contribution in [0.5, 0.6) is 0 Å². The van der Waals surface area contributed by atoms with Gasteiger partial charge in [0.15, 0.2) is 0 Å². The number of sulfonamides is 1. The first-order valence-corrected chi connectivity index (χ1v) is 8.84. The molecule has 7 heteroatoms. The minimum Gasteiger partial charge on any atom is -0.272 e. The van der Waals surface area contributed by atoms with E-state index in [-0.39, 0.29) is 17.4 Å². The van der Waals surface area contributed by atoms with E-state index in [1.807, 2.05) is 30.3 Å². The minimum atomic E-state index is -3.59. The smallest absolute Gasteiger partial charge is 0.272 e. The highest BCUT2D eigenvalue weighted by atomic mass is 32.2. The van der Waals surface area contributed by atoms with Gasteiger partial charge < -0.3 is 0 Å². The number of amides is 1. The average Bonchev–Trinajstić information content (AvgIpc) is 2.94. The van der Waals surface area contributed by atoms with Crippen LogP contribution in [0.15, 0.2) is 36.4 Å². The molecule has 1 aliphatic carbocycles. The normalized spacial score (nSPS) is 15.3. The van der Waals surface area contributed by atoms with E-state index < -0.39 is 15.9 Å². The predicted molar refractivity (Wildman–Crippen MR) is 82.6 cm³/mol. The van der Waals surface area contributed by atoms with Gasteiger partial charge in [0.2, 0.25) is 10.0 Å². The number of carbonyl (C=O) groups is 1. The van der Waals surface area contributed by atoms with E-state index in [2.05, 4.69) is 14.9 Å². The Morgan fingerprint density at radius 1 is 1.27 bits per heavy atom. The quantitative estimate of drug-likeness (QED) is 0.881. The molecule has 1 fully saturated rings. The second kappa shape index (κ2) is 5.92. The molecule has 1 heterocycles. The van der Waals surface area contributed by atoms with Crippen LogP contribution in [0.4, 0.5) is 0 Å². The van der Waals surface area contributed by atoms with E-state index in [0.717, 1.165) is 24.8 Å². The monoisotopic (exact) mass is 319 g/mol. The van der Waals surface area contributed by atoms with Gasteiger partial charge in [-0.2, -0.15) is 5.10 Å². The zero-order chi connectivity index (χ0) is 15.6. The number of rotatable bonds is 5. The highest BCUT2D eigenvalue weighted by Gasteiger charge is 2.26. The molecule has 0 aliphatic heterocycles. The SMILES string of the molecule is O=C(NS(=O)(=O)CC1CCC1)c1cc(-c2ccccc2)n[nH]1. The molecule has 1 aromatic carbocycles. The topological polar surface area (TPSA) is 91.9 Å². The molecule has 0 radical (unpaired) electrons. The molecular formula is C15H17N3O3S. The lowest BCUT2D eigenvalue weighted by Gasteiger charge is -2.24. The first-order chi connectivity index (χ1) is 10.5. The van der Waals surface area contributed by atoms with Gasteiger partial charge in [0, 0.05) is 5.56 Å². The van der Waals surface area contributed by atoms with Crippen LogP contribution in [0.3, 0.4) is 0 Å². The molecule has 0 bridgehead atoms. The van der Waals surface area contributed by atoms with Gasteiger partial charge in [0.1, 0.15) is 5.69 Å². The second-order valence-electron chi connectivity index (χ2n) is 5.54. The van der Waals surface area contributed by atoms with Gasteiger partial charge in [0.25, 0.3) is 5.91 Å². The number of hydrogen-bond donors (Lipinski definition) is 2. The molecule has 2 aromatic rings. The first-order valence-electron chi connectivity index (χ1n) is 7.19. The number of aromatic nitrogens is 2. The lowest BCUT2D eigenvalue weighted by atomic mass is 9.87. The summed E-state index contributed by atoms with van der Waals surface area (Å²) in [4.78, 5) is 12.0. The maximum atomic E-state index is 12.0. The molecule has 3 rings (SSSR count). The molecule has 1 aromatic heterocycles. The number of aromatic amines is 1. The fourth-order valence-electron chi connectivity index (χ4n) is 2.40. The third-order valence-electron chi connectivity index (χ3n) is 3.82. The van der Waals surface area contributed by atoms with Gasteiger partial charge in [-0.05, 0) is 24.8 Å². The highest BCUT2D eigenvalue weighted by molar-refractivity contribution is 7.90. The Balaban J connectivity index is 1.69. The largest absolute Gasteiger partial charge is 0.282 e. The van der Waals surface area contributed by atoms with Crippen molar-refractivity contribution in [2.45, 2.75) is 19.3 Å². The zero-order valence-electron chi connectivity index (χ0n) is 12.0. The zero-order valence-corrected chi connectivity index (χ0v) is 12.8. The fourth-order valence-corrected chi connectivity index (χ4v) is 3.83. The molecule has 22 heavy (non-hydrogen) atoms. The van der Waals surface area contributed by atoms with Crippen LogP contribution in [0.1, 0.15) is 29.8 Å². The maximum absolute atomic E-state index is 12.0. The van der Waals surface area contributed by atoms with E-state index in [9.17, 15) is 13.2 Å². The number of nitrogens with one attached hydrogen (secondary N) is 2. The van der Waals surface area contributed by atoms with Crippen LogP contribution in [0.25, 0.3) is 11.3 Å². The third kappa shape index (κ3) is 3.36. The van der Waals surface area contributed by atoms with E-state index in [4.69, 9.17) is 0 Å². The Morgan fingerprint density at radius 3 is 2.64 bits per heavy atom. The summed E-state index contributed by atoms with van der Waals surface area (Å²) in [6.45, 7) is 0. The number of carbonyl (C=O) groups excluding carboxylic acids is 1. The van der Waals surface area contributed by atoms with Crippen LogP contribution in [-0.4, -0.2) is 30.3 Å². The predicted octanol–water partition coefficient (Wildman–Crippen LogP) is 1.94.